The Morgan fingerprint density at radius 1 is 0.512 bits per heavy atom. The number of nitrogen functional groups attached to an aromatic ring is 2. The number of anilines is 2. The van der Waals surface area contributed by atoms with Gasteiger partial charge in [0.15, 0.2) is 45.7 Å². The predicted molar refractivity (Wildman–Crippen MR) is 292 cm³/mol. The summed E-state index contributed by atoms with van der Waals surface area (Å²) in [6, 6.07) is 35.8. The lowest BCUT2D eigenvalue weighted by atomic mass is 9.77. The molecule has 0 amide bonds. The third-order valence-electron chi connectivity index (χ3n) is 15.1. The van der Waals surface area contributed by atoms with Crippen LogP contribution in [-0.2, 0) is 33.6 Å². The lowest BCUT2D eigenvalue weighted by Crippen LogP contribution is -2.34. The number of nitrogens with zero attached hydrogens (tertiary/aromatic N) is 14. The second-order valence-electron chi connectivity index (χ2n) is 20.2. The Balaban J connectivity index is 0.000000151. The standard InChI is InChI=1S/2C29H26N8O3/c2*30-28-34-27-20(26-33-25(35-37(26)28)22-10-5-16-40-22)17-31-36(27)24(18-7-2-1-3-8-18)21(38)13-12-19-9-4-11-23(32-19)29(39)14-6-15-29/h2*1-5,7-11,16-17,24,39H,6,12-15H2,(H2,30,34)/t2*24-/m10/s1. The van der Waals surface area contributed by atoms with E-state index in [4.69, 9.17) is 20.3 Å². The molecule has 2 aliphatic carbocycles. The van der Waals surface area contributed by atoms with Crippen molar-refractivity contribution in [2.24, 2.45) is 0 Å². The number of aliphatic hydroxyl groups is 2. The smallest absolute Gasteiger partial charge is 0.225 e. The number of hydrogen-bond donors (Lipinski definition) is 4. The van der Waals surface area contributed by atoms with Gasteiger partial charge in [-0.2, -0.15) is 29.2 Å². The monoisotopic (exact) mass is 1070 g/mol. The van der Waals surface area contributed by atoms with Gasteiger partial charge < -0.3 is 30.5 Å². The van der Waals surface area contributed by atoms with Gasteiger partial charge in [-0.15, -0.1) is 10.2 Å². The van der Waals surface area contributed by atoms with Gasteiger partial charge >= 0.3 is 0 Å². The first-order valence-corrected chi connectivity index (χ1v) is 26.4. The van der Waals surface area contributed by atoms with Crippen molar-refractivity contribution in [3.63, 3.8) is 0 Å². The molecule has 2 aliphatic rings. The minimum atomic E-state index is -0.851. The SMILES string of the molecule is Nc1nc2c(cnn2[C@@H](C(=O)CCc2cccc(C3(O)CCC3)n2)c2ccccc2)c2nc(-c3ccco3)nn12.Nc1nc2c(cnn2[C@H](C(=O)CCc2cccc(C3(O)CCC3)n2)c2ccccc2)c2nc(-c3ccco3)nn12. The van der Waals surface area contributed by atoms with Crippen molar-refractivity contribution in [3.8, 4) is 23.2 Å². The quantitative estimate of drug-likeness (QED) is 0.0719. The maximum Gasteiger partial charge on any atom is 0.225 e. The van der Waals surface area contributed by atoms with Gasteiger partial charge in [-0.25, -0.2) is 19.3 Å². The normalized spacial score (nSPS) is 15.3. The molecular weight excluding hydrogens is 1020 g/mol. The van der Waals surface area contributed by atoms with Gasteiger partial charge in [0.05, 0.1) is 47.1 Å². The number of nitrogens with two attached hydrogens (primary N) is 2. The summed E-state index contributed by atoms with van der Waals surface area (Å²) in [5.74, 6) is 1.87. The summed E-state index contributed by atoms with van der Waals surface area (Å²) >= 11 is 0. The highest BCUT2D eigenvalue weighted by atomic mass is 16.3. The summed E-state index contributed by atoms with van der Waals surface area (Å²) in [5, 5.41) is 40.8. The molecule has 10 aromatic heterocycles. The molecule has 10 heterocycles. The highest BCUT2D eigenvalue weighted by molar-refractivity contribution is 5.94. The molecule has 0 aliphatic heterocycles. The van der Waals surface area contributed by atoms with Gasteiger partial charge in [0.25, 0.3) is 0 Å². The number of hydrogen-bond acceptors (Lipinski definition) is 18. The Kier molecular flexibility index (Phi) is 12.6. The van der Waals surface area contributed by atoms with Crippen molar-refractivity contribution in [1.82, 2.24) is 68.7 Å². The zero-order chi connectivity index (χ0) is 54.5. The van der Waals surface area contributed by atoms with E-state index < -0.39 is 23.3 Å². The molecule has 22 nitrogen and oxygen atoms in total. The summed E-state index contributed by atoms with van der Waals surface area (Å²) in [5.41, 5.74) is 17.1. The third-order valence-corrected chi connectivity index (χ3v) is 15.1. The van der Waals surface area contributed by atoms with Crippen LogP contribution in [0.4, 0.5) is 11.9 Å². The van der Waals surface area contributed by atoms with E-state index in [9.17, 15) is 19.8 Å². The zero-order valence-electron chi connectivity index (χ0n) is 43.0. The molecular formula is C58H52N16O6. The number of aromatic nitrogens is 14. The van der Waals surface area contributed by atoms with Crippen LogP contribution in [0.25, 0.3) is 56.5 Å². The highest BCUT2D eigenvalue weighted by Gasteiger charge is 2.39. The molecule has 2 aromatic carbocycles. The fourth-order valence-corrected chi connectivity index (χ4v) is 10.5. The molecule has 400 valence electrons. The molecule has 0 saturated heterocycles. The fraction of sp³-hybridized carbons (Fsp3) is 0.241. The second-order valence-corrected chi connectivity index (χ2v) is 20.2. The topological polar surface area (TPSA) is 300 Å². The fourth-order valence-electron chi connectivity index (χ4n) is 10.5. The maximum absolute atomic E-state index is 13.9. The Morgan fingerprint density at radius 3 is 1.31 bits per heavy atom. The molecule has 0 spiro atoms. The van der Waals surface area contributed by atoms with E-state index in [1.165, 1.54) is 9.03 Å². The molecule has 0 radical (unpaired) electrons. The van der Waals surface area contributed by atoms with Crippen LogP contribution in [0.1, 0.15) is 97.4 Å². The Morgan fingerprint density at radius 2 is 0.938 bits per heavy atom. The summed E-state index contributed by atoms with van der Waals surface area (Å²) < 4.78 is 17.0. The lowest BCUT2D eigenvalue weighted by molar-refractivity contribution is -0.122. The van der Waals surface area contributed by atoms with Gasteiger partial charge in [0.2, 0.25) is 23.5 Å². The van der Waals surface area contributed by atoms with Gasteiger partial charge in [-0.05, 0) is 111 Å². The van der Waals surface area contributed by atoms with E-state index in [-0.39, 0.29) is 36.3 Å². The average molecular weight is 1070 g/mol. The van der Waals surface area contributed by atoms with E-state index >= 15 is 0 Å². The number of aryl methyl sites for hydroxylation is 2. The summed E-state index contributed by atoms with van der Waals surface area (Å²) in [4.78, 5) is 55.5. The second kappa shape index (κ2) is 20.2. The molecule has 0 unspecified atom stereocenters. The first kappa shape index (κ1) is 49.8. The van der Waals surface area contributed by atoms with Crippen molar-refractivity contribution in [2.45, 2.75) is 87.5 Å². The van der Waals surface area contributed by atoms with Crippen LogP contribution in [0.3, 0.4) is 0 Å². The van der Waals surface area contributed by atoms with Crippen LogP contribution >= 0.6 is 0 Å². The third kappa shape index (κ3) is 9.08. The summed E-state index contributed by atoms with van der Waals surface area (Å²) in [7, 11) is 0. The van der Waals surface area contributed by atoms with E-state index in [0.29, 0.717) is 106 Å². The predicted octanol–water partition coefficient (Wildman–Crippen LogP) is 7.75. The number of carbonyl (C=O) groups is 2. The number of fused-ring (bicyclic) bond motifs is 6. The number of carbonyl (C=O) groups excluding carboxylic acids is 2. The number of ketones is 2. The zero-order valence-corrected chi connectivity index (χ0v) is 43.0. The van der Waals surface area contributed by atoms with Crippen LogP contribution in [0.5, 0.6) is 0 Å². The van der Waals surface area contributed by atoms with E-state index in [1.807, 2.05) is 97.1 Å². The van der Waals surface area contributed by atoms with Crippen molar-refractivity contribution in [2.75, 3.05) is 11.5 Å². The molecule has 22 heteroatoms. The van der Waals surface area contributed by atoms with Gasteiger partial charge in [0.1, 0.15) is 23.3 Å². The summed E-state index contributed by atoms with van der Waals surface area (Å²) in [6.07, 6.45) is 12.5. The van der Waals surface area contributed by atoms with E-state index in [0.717, 1.165) is 35.4 Å². The molecule has 80 heavy (non-hydrogen) atoms. The van der Waals surface area contributed by atoms with Crippen LogP contribution in [0.2, 0.25) is 0 Å². The molecule has 12 aromatic rings. The van der Waals surface area contributed by atoms with Crippen LogP contribution < -0.4 is 11.5 Å². The molecule has 2 fully saturated rings. The van der Waals surface area contributed by atoms with Crippen molar-refractivity contribution in [1.29, 1.82) is 0 Å². The maximum atomic E-state index is 13.9. The number of Topliss-reactive ketones (excluding diaryl/α,β-unsaturated/α-hetero) is 2. The van der Waals surface area contributed by atoms with Gasteiger partial charge in [-0.3, -0.25) is 19.6 Å². The van der Waals surface area contributed by atoms with Gasteiger partial charge in [0, 0.05) is 24.2 Å². The molecule has 0 bridgehead atoms. The first-order chi connectivity index (χ1) is 39.0. The minimum Gasteiger partial charge on any atom is -0.461 e. The van der Waals surface area contributed by atoms with Crippen LogP contribution in [-0.4, -0.2) is 90.5 Å². The molecule has 6 N–H and O–H groups in total. The largest absolute Gasteiger partial charge is 0.461 e. The molecule has 14 rings (SSSR count). The highest BCUT2D eigenvalue weighted by Crippen LogP contribution is 2.41. The number of furan rings is 2. The molecule has 2 atom stereocenters. The Bertz CT molecular complexity index is 3950. The Hall–Kier alpha value is -9.80. The number of benzene rings is 2. The number of pyridine rings is 2. The van der Waals surface area contributed by atoms with Crippen molar-refractivity contribution < 1.29 is 28.6 Å². The van der Waals surface area contributed by atoms with E-state index in [1.54, 1.807) is 58.5 Å². The summed E-state index contributed by atoms with van der Waals surface area (Å²) in [6.45, 7) is 0. The number of rotatable bonds is 16. The van der Waals surface area contributed by atoms with Crippen molar-refractivity contribution in [3.05, 3.63) is 180 Å². The van der Waals surface area contributed by atoms with Crippen LogP contribution in [0, 0.1) is 0 Å². The lowest BCUT2D eigenvalue weighted by Gasteiger charge is -2.36. The first-order valence-electron chi connectivity index (χ1n) is 26.4. The van der Waals surface area contributed by atoms with E-state index in [2.05, 4.69) is 50.3 Å². The van der Waals surface area contributed by atoms with Crippen molar-refractivity contribution >= 4 is 56.8 Å². The van der Waals surface area contributed by atoms with Crippen LogP contribution in [0.15, 0.2) is 155 Å². The minimum absolute atomic E-state index is 0.0521. The Labute approximate surface area is 454 Å². The average Bonchev–Trinajstić information content (AvgIpc) is 4.49. The van der Waals surface area contributed by atoms with Gasteiger partial charge in [-0.1, -0.05) is 72.8 Å². The molecule has 2 saturated carbocycles.